The fourth-order valence-electron chi connectivity index (χ4n) is 4.04. The molecule has 0 saturated carbocycles. The third-order valence-electron chi connectivity index (χ3n) is 6.07. The SMILES string of the molecule is COC(=O)c1c(Cc2ccc(S(=O)(=O)C(C)CO)cc2)c(=O)c2ccc(C)nc2n1-c1ccccc1. The highest BCUT2D eigenvalue weighted by molar-refractivity contribution is 7.92. The first-order valence-corrected chi connectivity index (χ1v) is 12.9. The second-order valence-electron chi connectivity index (χ2n) is 8.50. The molecule has 1 N–H and O–H groups in total. The number of aliphatic hydroxyl groups excluding tert-OH is 1. The lowest BCUT2D eigenvalue weighted by molar-refractivity contribution is 0.0590. The van der Waals surface area contributed by atoms with Crippen molar-refractivity contribution in [3.63, 3.8) is 0 Å². The first kappa shape index (κ1) is 25.3. The summed E-state index contributed by atoms with van der Waals surface area (Å²) in [5, 5.41) is 8.69. The summed E-state index contributed by atoms with van der Waals surface area (Å²) in [6, 6.07) is 18.6. The van der Waals surface area contributed by atoms with E-state index in [0.29, 0.717) is 28.0 Å². The fourth-order valence-corrected chi connectivity index (χ4v) is 5.21. The zero-order chi connectivity index (χ0) is 26.0. The number of aryl methyl sites for hydroxylation is 1. The number of sulfone groups is 1. The van der Waals surface area contributed by atoms with E-state index in [9.17, 15) is 23.1 Å². The van der Waals surface area contributed by atoms with E-state index in [1.165, 1.54) is 26.2 Å². The molecule has 0 bridgehead atoms. The number of aliphatic hydroxyl groups is 1. The van der Waals surface area contributed by atoms with E-state index in [-0.39, 0.29) is 28.0 Å². The van der Waals surface area contributed by atoms with Gasteiger partial charge in [-0.3, -0.25) is 9.36 Å². The van der Waals surface area contributed by atoms with Gasteiger partial charge in [-0.15, -0.1) is 0 Å². The minimum Gasteiger partial charge on any atom is -0.464 e. The molecule has 36 heavy (non-hydrogen) atoms. The number of carbonyl (C=O) groups excluding carboxylic acids is 1. The van der Waals surface area contributed by atoms with E-state index in [4.69, 9.17) is 4.74 Å². The average Bonchev–Trinajstić information content (AvgIpc) is 2.89. The number of aromatic nitrogens is 2. The van der Waals surface area contributed by atoms with Crippen molar-refractivity contribution in [1.82, 2.24) is 9.55 Å². The van der Waals surface area contributed by atoms with Crippen LogP contribution in [0.4, 0.5) is 0 Å². The number of methoxy groups -OCH3 is 1. The van der Waals surface area contributed by atoms with Crippen molar-refractivity contribution in [2.24, 2.45) is 0 Å². The average molecular weight is 507 g/mol. The van der Waals surface area contributed by atoms with E-state index in [2.05, 4.69) is 4.98 Å². The summed E-state index contributed by atoms with van der Waals surface area (Å²) in [4.78, 5) is 31.4. The van der Waals surface area contributed by atoms with Crippen LogP contribution in [0.2, 0.25) is 0 Å². The zero-order valence-corrected chi connectivity index (χ0v) is 21.0. The van der Waals surface area contributed by atoms with Crippen LogP contribution < -0.4 is 5.43 Å². The minimum absolute atomic E-state index is 0.0601. The van der Waals surface area contributed by atoms with Crippen LogP contribution in [0, 0.1) is 6.92 Å². The van der Waals surface area contributed by atoms with E-state index < -0.39 is 27.7 Å². The van der Waals surface area contributed by atoms with Crippen molar-refractivity contribution in [2.75, 3.05) is 13.7 Å². The number of para-hydroxylation sites is 1. The largest absolute Gasteiger partial charge is 0.464 e. The van der Waals surface area contributed by atoms with E-state index in [1.807, 2.05) is 30.3 Å². The molecule has 0 saturated heterocycles. The Morgan fingerprint density at radius 1 is 1.06 bits per heavy atom. The number of rotatable bonds is 7. The van der Waals surface area contributed by atoms with E-state index in [0.717, 1.165) is 0 Å². The Labute approximate surface area is 208 Å². The molecule has 186 valence electrons. The Morgan fingerprint density at radius 3 is 2.33 bits per heavy atom. The van der Waals surface area contributed by atoms with Crippen molar-refractivity contribution in [3.8, 4) is 5.69 Å². The summed E-state index contributed by atoms with van der Waals surface area (Å²) < 4.78 is 31.8. The van der Waals surface area contributed by atoms with Gasteiger partial charge in [0.1, 0.15) is 11.3 Å². The van der Waals surface area contributed by atoms with Crippen LogP contribution >= 0.6 is 0 Å². The molecular weight excluding hydrogens is 480 g/mol. The maximum Gasteiger partial charge on any atom is 0.355 e. The maximum atomic E-state index is 13.6. The molecule has 1 unspecified atom stereocenters. The van der Waals surface area contributed by atoms with Gasteiger partial charge in [-0.05, 0) is 55.8 Å². The van der Waals surface area contributed by atoms with Gasteiger partial charge < -0.3 is 9.84 Å². The van der Waals surface area contributed by atoms with Crippen molar-refractivity contribution in [3.05, 3.63) is 99.5 Å². The van der Waals surface area contributed by atoms with Gasteiger partial charge in [0.15, 0.2) is 15.3 Å². The Hall–Kier alpha value is -3.82. The van der Waals surface area contributed by atoms with Gasteiger partial charge in [-0.25, -0.2) is 18.2 Å². The minimum atomic E-state index is -3.69. The first-order valence-electron chi connectivity index (χ1n) is 11.3. The second kappa shape index (κ2) is 10.0. The lowest BCUT2D eigenvalue weighted by atomic mass is 10.00. The number of hydrogen-bond donors (Lipinski definition) is 1. The predicted molar refractivity (Wildman–Crippen MR) is 136 cm³/mol. The molecule has 0 amide bonds. The monoisotopic (exact) mass is 506 g/mol. The molecule has 4 aromatic rings. The second-order valence-corrected chi connectivity index (χ2v) is 10.9. The van der Waals surface area contributed by atoms with Gasteiger partial charge in [-0.1, -0.05) is 30.3 Å². The number of hydrogen-bond acceptors (Lipinski definition) is 7. The Kier molecular flexibility index (Phi) is 7.05. The number of carbonyl (C=O) groups is 1. The molecule has 0 radical (unpaired) electrons. The normalized spacial score (nSPS) is 12.4. The third-order valence-corrected chi connectivity index (χ3v) is 8.20. The van der Waals surface area contributed by atoms with Gasteiger partial charge in [0, 0.05) is 23.4 Å². The summed E-state index contributed by atoms with van der Waals surface area (Å²) in [5.74, 6) is -0.688. The van der Waals surface area contributed by atoms with Gasteiger partial charge in [0.05, 0.1) is 29.2 Å². The van der Waals surface area contributed by atoms with Gasteiger partial charge in [0.2, 0.25) is 0 Å². The number of pyridine rings is 2. The molecule has 0 aliphatic heterocycles. The number of fused-ring (bicyclic) bond motifs is 1. The molecule has 2 aromatic heterocycles. The summed E-state index contributed by atoms with van der Waals surface area (Å²) in [7, 11) is -2.43. The molecule has 0 fully saturated rings. The standard InChI is InChI=1S/C27H26N2O6S/c1-17-9-14-22-25(31)23(15-19-10-12-21(13-11-19)36(33,34)18(2)16-30)24(27(32)35-3)29(26(22)28-17)20-7-5-4-6-8-20/h4-14,18,30H,15-16H2,1-3H3. The highest BCUT2D eigenvalue weighted by atomic mass is 32.2. The molecular formula is C27H26N2O6S. The highest BCUT2D eigenvalue weighted by Crippen LogP contribution is 2.24. The first-order chi connectivity index (χ1) is 17.2. The van der Waals surface area contributed by atoms with Crippen LogP contribution in [-0.2, 0) is 21.0 Å². The summed E-state index contributed by atoms with van der Waals surface area (Å²) >= 11 is 0. The topological polar surface area (TPSA) is 116 Å². The van der Waals surface area contributed by atoms with Crippen molar-refractivity contribution in [1.29, 1.82) is 0 Å². The van der Waals surface area contributed by atoms with Crippen LogP contribution in [-0.4, -0.2) is 48.0 Å². The molecule has 9 heteroatoms. The molecule has 8 nitrogen and oxygen atoms in total. The third kappa shape index (κ3) is 4.55. The quantitative estimate of drug-likeness (QED) is 0.383. The zero-order valence-electron chi connectivity index (χ0n) is 20.1. The lowest BCUT2D eigenvalue weighted by Crippen LogP contribution is -2.25. The van der Waals surface area contributed by atoms with Crippen molar-refractivity contribution in [2.45, 2.75) is 30.4 Å². The number of ether oxygens (including phenoxy) is 1. The van der Waals surface area contributed by atoms with Crippen LogP contribution in [0.25, 0.3) is 16.7 Å². The van der Waals surface area contributed by atoms with Crippen LogP contribution in [0.5, 0.6) is 0 Å². The van der Waals surface area contributed by atoms with Gasteiger partial charge in [0.25, 0.3) is 0 Å². The van der Waals surface area contributed by atoms with Crippen LogP contribution in [0.15, 0.2) is 76.4 Å². The molecule has 0 spiro atoms. The summed E-state index contributed by atoms with van der Waals surface area (Å²) in [5.41, 5.74) is 2.22. The number of nitrogens with zero attached hydrogens (tertiary/aromatic N) is 2. The molecule has 2 aromatic carbocycles. The fraction of sp³-hybridized carbons (Fsp3) is 0.222. The van der Waals surface area contributed by atoms with Crippen LogP contribution in [0.1, 0.15) is 34.2 Å². The molecule has 0 aliphatic carbocycles. The summed E-state index contributed by atoms with van der Waals surface area (Å²) in [6.45, 7) is 2.75. The number of benzene rings is 2. The van der Waals surface area contributed by atoms with E-state index >= 15 is 0 Å². The van der Waals surface area contributed by atoms with Crippen molar-refractivity contribution >= 4 is 26.8 Å². The summed E-state index contributed by atoms with van der Waals surface area (Å²) in [6.07, 6.45) is 0.0653. The lowest BCUT2D eigenvalue weighted by Gasteiger charge is -2.19. The van der Waals surface area contributed by atoms with E-state index in [1.54, 1.807) is 35.8 Å². The Balaban J connectivity index is 1.95. The predicted octanol–water partition coefficient (Wildman–Crippen LogP) is 3.23. The smallest absolute Gasteiger partial charge is 0.355 e. The Bertz CT molecular complexity index is 1590. The van der Waals surface area contributed by atoms with Crippen LogP contribution in [0.3, 0.4) is 0 Å². The van der Waals surface area contributed by atoms with Crippen molar-refractivity contribution < 1.29 is 23.1 Å². The van der Waals surface area contributed by atoms with Gasteiger partial charge >= 0.3 is 5.97 Å². The van der Waals surface area contributed by atoms with Gasteiger partial charge in [-0.2, -0.15) is 0 Å². The molecule has 2 heterocycles. The number of esters is 1. The highest BCUT2D eigenvalue weighted by Gasteiger charge is 2.26. The molecule has 4 rings (SSSR count). The molecule has 0 aliphatic rings. The molecule has 1 atom stereocenters. The Morgan fingerprint density at radius 2 is 1.72 bits per heavy atom. The maximum absolute atomic E-state index is 13.6.